The molecule has 3 aromatic rings. The van der Waals surface area contributed by atoms with E-state index in [1.54, 1.807) is 24.3 Å². The minimum absolute atomic E-state index is 0.0163. The number of hydrogen-bond donors (Lipinski definition) is 3. The van der Waals surface area contributed by atoms with E-state index in [9.17, 15) is 18.0 Å². The van der Waals surface area contributed by atoms with Crippen molar-refractivity contribution in [3.05, 3.63) is 78.3 Å². The maximum Gasteiger partial charge on any atom is 0.305 e. The predicted octanol–water partition coefficient (Wildman–Crippen LogP) is 2.16. The third kappa shape index (κ3) is 4.74. The summed E-state index contributed by atoms with van der Waals surface area (Å²) in [4.78, 5) is 23.9. The fraction of sp³-hybridized carbons (Fsp3) is 0.0526. The lowest BCUT2D eigenvalue weighted by Crippen LogP contribution is -2.41. The number of hydrogen-bond acceptors (Lipinski definition) is 6. The number of furan rings is 1. The zero-order chi connectivity index (χ0) is 20.9. The van der Waals surface area contributed by atoms with E-state index in [0.717, 1.165) is 0 Å². The van der Waals surface area contributed by atoms with Crippen LogP contribution in [0.2, 0.25) is 0 Å². The van der Waals surface area contributed by atoms with Crippen LogP contribution in [0.15, 0.2) is 76.2 Å². The van der Waals surface area contributed by atoms with Gasteiger partial charge in [0.1, 0.15) is 5.75 Å². The van der Waals surface area contributed by atoms with Gasteiger partial charge in [0.25, 0.3) is 15.9 Å². The molecular weight excluding hydrogens is 398 g/mol. The highest BCUT2D eigenvalue weighted by Crippen LogP contribution is 2.26. The Hall–Kier alpha value is -3.79. The molecule has 0 spiro atoms. The molecule has 10 heteroatoms. The quantitative estimate of drug-likeness (QED) is 0.530. The minimum Gasteiger partial charge on any atom is -0.495 e. The van der Waals surface area contributed by atoms with E-state index >= 15 is 0 Å². The number of sulfonamides is 1. The summed E-state index contributed by atoms with van der Waals surface area (Å²) in [5, 5.41) is 0. The second kappa shape index (κ2) is 8.48. The number of anilines is 1. The van der Waals surface area contributed by atoms with Crippen LogP contribution in [-0.4, -0.2) is 27.3 Å². The van der Waals surface area contributed by atoms with Gasteiger partial charge in [-0.3, -0.25) is 25.2 Å². The molecule has 0 unspecified atom stereocenters. The van der Waals surface area contributed by atoms with Crippen LogP contribution < -0.4 is 20.3 Å². The van der Waals surface area contributed by atoms with Crippen LogP contribution >= 0.6 is 0 Å². The summed E-state index contributed by atoms with van der Waals surface area (Å²) in [5.41, 5.74) is 4.68. The summed E-state index contributed by atoms with van der Waals surface area (Å²) in [5.74, 6) is -0.975. The molecular formula is C19H17N3O6S. The topological polar surface area (TPSA) is 127 Å². The van der Waals surface area contributed by atoms with E-state index in [4.69, 9.17) is 9.15 Å². The van der Waals surface area contributed by atoms with E-state index in [1.165, 1.54) is 49.8 Å². The molecule has 0 saturated carbocycles. The van der Waals surface area contributed by atoms with Crippen molar-refractivity contribution in [2.24, 2.45) is 0 Å². The summed E-state index contributed by atoms with van der Waals surface area (Å²) < 4.78 is 37.8. The molecule has 3 rings (SSSR count). The Morgan fingerprint density at radius 1 is 0.931 bits per heavy atom. The summed E-state index contributed by atoms with van der Waals surface area (Å²) in [6, 6.07) is 14.8. The lowest BCUT2D eigenvalue weighted by Gasteiger charge is -2.12. The molecule has 0 radical (unpaired) electrons. The van der Waals surface area contributed by atoms with Crippen LogP contribution in [0.1, 0.15) is 20.9 Å². The van der Waals surface area contributed by atoms with Gasteiger partial charge in [-0.15, -0.1) is 0 Å². The number of carbonyl (C=O) groups is 2. The molecule has 29 heavy (non-hydrogen) atoms. The maximum atomic E-state index is 12.7. The lowest BCUT2D eigenvalue weighted by atomic mass is 10.2. The highest BCUT2D eigenvalue weighted by molar-refractivity contribution is 7.92. The van der Waals surface area contributed by atoms with Crippen LogP contribution in [0.5, 0.6) is 5.75 Å². The van der Waals surface area contributed by atoms with Crippen LogP contribution in [-0.2, 0) is 10.0 Å². The average Bonchev–Trinajstić information content (AvgIpc) is 3.27. The number of rotatable bonds is 6. The van der Waals surface area contributed by atoms with E-state index in [0.29, 0.717) is 5.75 Å². The molecule has 3 N–H and O–H groups in total. The van der Waals surface area contributed by atoms with Crippen molar-refractivity contribution in [2.45, 2.75) is 4.90 Å². The van der Waals surface area contributed by atoms with Crippen LogP contribution in [0, 0.1) is 0 Å². The van der Waals surface area contributed by atoms with Gasteiger partial charge < -0.3 is 9.15 Å². The lowest BCUT2D eigenvalue weighted by molar-refractivity contribution is 0.0831. The first-order valence-electron chi connectivity index (χ1n) is 8.31. The first-order chi connectivity index (χ1) is 13.9. The summed E-state index contributed by atoms with van der Waals surface area (Å²) in [6.07, 6.45) is 1.32. The van der Waals surface area contributed by atoms with Gasteiger partial charge in [0, 0.05) is 5.56 Å². The van der Waals surface area contributed by atoms with E-state index in [2.05, 4.69) is 15.6 Å². The third-order valence-corrected chi connectivity index (χ3v) is 5.16. The molecule has 0 aliphatic rings. The standard InChI is InChI=1S/C19H17N3O6S/c1-27-16-9-3-2-8-15(16)22-29(25,26)14-7-4-6-13(12-14)18(23)20-21-19(24)17-10-5-11-28-17/h2-12,22H,1H3,(H,20,23)(H,21,24). The maximum absolute atomic E-state index is 12.7. The minimum atomic E-state index is -3.98. The van der Waals surface area contributed by atoms with E-state index < -0.39 is 21.8 Å². The molecule has 0 aliphatic heterocycles. The van der Waals surface area contributed by atoms with Gasteiger partial charge in [-0.1, -0.05) is 18.2 Å². The molecule has 150 valence electrons. The summed E-state index contributed by atoms with van der Waals surface area (Å²) in [6.45, 7) is 0. The second-order valence-corrected chi connectivity index (χ2v) is 7.40. The molecule has 0 fully saturated rings. The predicted molar refractivity (Wildman–Crippen MR) is 104 cm³/mol. The molecule has 0 bridgehead atoms. The number of nitrogens with one attached hydrogen (secondary N) is 3. The zero-order valence-corrected chi connectivity index (χ0v) is 16.0. The van der Waals surface area contributed by atoms with Crippen molar-refractivity contribution in [1.29, 1.82) is 0 Å². The van der Waals surface area contributed by atoms with Gasteiger partial charge in [0.15, 0.2) is 5.76 Å². The van der Waals surface area contributed by atoms with Gasteiger partial charge in [0.05, 0.1) is 24.0 Å². The smallest absolute Gasteiger partial charge is 0.305 e. The fourth-order valence-electron chi connectivity index (χ4n) is 2.39. The van der Waals surface area contributed by atoms with Gasteiger partial charge in [-0.25, -0.2) is 8.42 Å². The fourth-order valence-corrected chi connectivity index (χ4v) is 3.51. The van der Waals surface area contributed by atoms with Crippen LogP contribution in [0.3, 0.4) is 0 Å². The summed E-state index contributed by atoms with van der Waals surface area (Å²) in [7, 11) is -2.56. The molecule has 0 saturated heterocycles. The number of benzene rings is 2. The number of hydrazine groups is 1. The Kier molecular flexibility index (Phi) is 5.84. The van der Waals surface area contributed by atoms with Crippen molar-refractivity contribution in [3.8, 4) is 5.75 Å². The highest BCUT2D eigenvalue weighted by Gasteiger charge is 2.18. The monoisotopic (exact) mass is 415 g/mol. The van der Waals surface area contributed by atoms with Crippen LogP contribution in [0.25, 0.3) is 0 Å². The first kappa shape index (κ1) is 20.0. The molecule has 1 heterocycles. The van der Waals surface area contributed by atoms with Gasteiger partial charge in [-0.05, 0) is 42.5 Å². The Labute approximate surface area is 166 Å². The molecule has 2 aromatic carbocycles. The number of carbonyl (C=O) groups excluding carboxylic acids is 2. The largest absolute Gasteiger partial charge is 0.495 e. The molecule has 1 aromatic heterocycles. The van der Waals surface area contributed by atoms with Crippen molar-refractivity contribution in [2.75, 3.05) is 11.8 Å². The van der Waals surface area contributed by atoms with Crippen LogP contribution in [0.4, 0.5) is 5.69 Å². The Morgan fingerprint density at radius 3 is 2.41 bits per heavy atom. The van der Waals surface area contributed by atoms with E-state index in [1.807, 2.05) is 0 Å². The molecule has 9 nitrogen and oxygen atoms in total. The SMILES string of the molecule is COc1ccccc1NS(=O)(=O)c1cccc(C(=O)NNC(=O)c2ccco2)c1. The third-order valence-electron chi connectivity index (χ3n) is 3.79. The van der Waals surface area contributed by atoms with Gasteiger partial charge >= 0.3 is 5.91 Å². The van der Waals surface area contributed by atoms with Crippen molar-refractivity contribution in [1.82, 2.24) is 10.9 Å². The first-order valence-corrected chi connectivity index (χ1v) is 9.79. The van der Waals surface area contributed by atoms with Crippen molar-refractivity contribution < 1.29 is 27.2 Å². The van der Waals surface area contributed by atoms with Gasteiger partial charge in [0.2, 0.25) is 0 Å². The number of amides is 2. The number of ether oxygens (including phenoxy) is 1. The molecule has 0 aliphatic carbocycles. The Bertz CT molecular complexity index is 1130. The average molecular weight is 415 g/mol. The van der Waals surface area contributed by atoms with E-state index in [-0.39, 0.29) is 21.9 Å². The van der Waals surface area contributed by atoms with Crippen molar-refractivity contribution in [3.63, 3.8) is 0 Å². The van der Waals surface area contributed by atoms with Crippen molar-refractivity contribution >= 4 is 27.5 Å². The highest BCUT2D eigenvalue weighted by atomic mass is 32.2. The molecule has 0 atom stereocenters. The Morgan fingerprint density at radius 2 is 1.69 bits per heavy atom. The normalized spacial score (nSPS) is 10.8. The van der Waals surface area contributed by atoms with Gasteiger partial charge in [-0.2, -0.15) is 0 Å². The number of para-hydroxylation sites is 2. The second-order valence-electron chi connectivity index (χ2n) is 5.72. The number of methoxy groups -OCH3 is 1. The summed E-state index contributed by atoms with van der Waals surface area (Å²) >= 11 is 0. The molecule has 2 amide bonds. The zero-order valence-electron chi connectivity index (χ0n) is 15.2. The Balaban J connectivity index is 1.74.